The van der Waals surface area contributed by atoms with Crippen LogP contribution in [-0.2, 0) is 4.74 Å². The molecule has 1 atom stereocenters. The third kappa shape index (κ3) is 5.09. The maximum absolute atomic E-state index is 11.6. The second-order valence-electron chi connectivity index (χ2n) is 5.55. The summed E-state index contributed by atoms with van der Waals surface area (Å²) in [5.74, 6) is 1.00. The minimum Gasteiger partial charge on any atom is -0.491 e. The van der Waals surface area contributed by atoms with E-state index in [-0.39, 0.29) is 12.6 Å². The molecule has 142 valence electrons. The molecule has 1 unspecified atom stereocenters. The number of thiophene rings is 1. The third-order valence-corrected chi connectivity index (χ3v) is 5.35. The molecule has 3 N–H and O–H groups in total. The number of nitrogens with two attached hydrogens (primary N) is 1. The Morgan fingerprint density at radius 2 is 2.07 bits per heavy atom. The number of rotatable bonds is 8. The van der Waals surface area contributed by atoms with Gasteiger partial charge in [-0.2, -0.15) is 0 Å². The second-order valence-corrected chi connectivity index (χ2v) is 7.43. The first-order valence-corrected chi connectivity index (χ1v) is 10.1. The molecule has 1 aromatic carbocycles. The summed E-state index contributed by atoms with van der Waals surface area (Å²) >= 11 is 2.82. The van der Waals surface area contributed by atoms with Crippen LogP contribution in [0.3, 0.4) is 0 Å². The molecule has 0 fully saturated rings. The Hall–Kier alpha value is -2.36. The monoisotopic (exact) mass is 405 g/mol. The number of carbonyl (C=O) groups is 1. The highest BCUT2D eigenvalue weighted by Gasteiger charge is 2.11. The average Bonchev–Trinajstić information content (AvgIpc) is 3.14. The zero-order valence-corrected chi connectivity index (χ0v) is 16.3. The quantitative estimate of drug-likeness (QED) is 0.335. The predicted molar refractivity (Wildman–Crippen MR) is 106 cm³/mol. The Morgan fingerprint density at radius 1 is 1.30 bits per heavy atom. The molecule has 0 aliphatic carbocycles. The van der Waals surface area contributed by atoms with Crippen LogP contribution in [0.1, 0.15) is 17.3 Å². The highest BCUT2D eigenvalue weighted by Crippen LogP contribution is 2.26. The average molecular weight is 406 g/mol. The first-order chi connectivity index (χ1) is 13.1. The number of nitrogens with zero attached hydrogens (tertiary/aromatic N) is 2. The lowest BCUT2D eigenvalue weighted by atomic mass is 10.2. The van der Waals surface area contributed by atoms with Crippen molar-refractivity contribution in [3.63, 3.8) is 0 Å². The van der Waals surface area contributed by atoms with E-state index in [1.54, 1.807) is 31.2 Å². The lowest BCUT2D eigenvalue weighted by Crippen LogP contribution is -2.20. The molecule has 0 spiro atoms. The van der Waals surface area contributed by atoms with Crippen molar-refractivity contribution in [2.24, 2.45) is 0 Å². The molecule has 0 bridgehead atoms. The summed E-state index contributed by atoms with van der Waals surface area (Å²) in [5, 5.41) is 13.4. The van der Waals surface area contributed by atoms with Crippen molar-refractivity contribution in [2.75, 3.05) is 24.7 Å². The molecule has 27 heavy (non-hydrogen) atoms. The fourth-order valence-corrected chi connectivity index (χ4v) is 3.82. The molecule has 0 amide bonds. The number of aliphatic hydroxyl groups is 1. The van der Waals surface area contributed by atoms with Gasteiger partial charge in [-0.1, -0.05) is 11.8 Å². The van der Waals surface area contributed by atoms with Gasteiger partial charge in [0.1, 0.15) is 23.0 Å². The number of benzene rings is 1. The van der Waals surface area contributed by atoms with Crippen LogP contribution in [0.5, 0.6) is 5.75 Å². The van der Waals surface area contributed by atoms with Gasteiger partial charge in [-0.3, -0.25) is 0 Å². The van der Waals surface area contributed by atoms with Crippen molar-refractivity contribution >= 4 is 45.1 Å². The number of anilines is 1. The van der Waals surface area contributed by atoms with Gasteiger partial charge < -0.3 is 20.3 Å². The van der Waals surface area contributed by atoms with Gasteiger partial charge in [-0.05, 0) is 42.6 Å². The Balaban J connectivity index is 1.49. The molecule has 3 aromatic rings. The first kappa shape index (κ1) is 19.4. The Labute approximate surface area is 164 Å². The molecule has 0 saturated carbocycles. The van der Waals surface area contributed by atoms with Crippen molar-refractivity contribution in [1.29, 1.82) is 0 Å². The lowest BCUT2D eigenvalue weighted by Gasteiger charge is -2.12. The number of aliphatic hydroxyl groups excluding tert-OH is 1. The molecule has 9 heteroatoms. The zero-order valence-electron chi connectivity index (χ0n) is 14.6. The van der Waals surface area contributed by atoms with Crippen LogP contribution in [-0.4, -0.2) is 46.1 Å². The van der Waals surface area contributed by atoms with Gasteiger partial charge in [0, 0.05) is 5.75 Å². The van der Waals surface area contributed by atoms with Gasteiger partial charge in [-0.25, -0.2) is 14.8 Å². The smallest absolute Gasteiger partial charge is 0.338 e. The number of hydrogen-bond acceptors (Lipinski definition) is 9. The number of nitrogen functional groups attached to an aromatic ring is 1. The van der Waals surface area contributed by atoms with Crippen LogP contribution in [0.2, 0.25) is 0 Å². The topological polar surface area (TPSA) is 108 Å². The van der Waals surface area contributed by atoms with Gasteiger partial charge in [0.25, 0.3) is 0 Å². The van der Waals surface area contributed by atoms with E-state index in [2.05, 4.69) is 9.97 Å². The summed E-state index contributed by atoms with van der Waals surface area (Å²) in [5.41, 5.74) is 6.37. The normalized spacial score (nSPS) is 12.1. The van der Waals surface area contributed by atoms with E-state index >= 15 is 0 Å². The van der Waals surface area contributed by atoms with Crippen molar-refractivity contribution in [3.05, 3.63) is 41.3 Å². The van der Waals surface area contributed by atoms with Crippen LogP contribution >= 0.6 is 23.1 Å². The molecular weight excluding hydrogens is 386 g/mol. The van der Waals surface area contributed by atoms with Crippen LogP contribution in [0, 0.1) is 0 Å². The van der Waals surface area contributed by atoms with E-state index in [0.29, 0.717) is 34.6 Å². The number of aromatic nitrogens is 2. The highest BCUT2D eigenvalue weighted by molar-refractivity contribution is 7.99. The second kappa shape index (κ2) is 9.03. The first-order valence-electron chi connectivity index (χ1n) is 8.28. The number of hydrogen-bond donors (Lipinski definition) is 2. The maximum atomic E-state index is 11.6. The predicted octanol–water partition coefficient (Wildman–Crippen LogP) is 2.98. The van der Waals surface area contributed by atoms with Crippen LogP contribution in [0.15, 0.2) is 40.9 Å². The summed E-state index contributed by atoms with van der Waals surface area (Å²) < 4.78 is 10.5. The Morgan fingerprint density at radius 3 is 2.81 bits per heavy atom. The third-order valence-electron chi connectivity index (χ3n) is 3.55. The number of ether oxygens (including phenoxy) is 2. The lowest BCUT2D eigenvalue weighted by molar-refractivity contribution is 0.0526. The largest absolute Gasteiger partial charge is 0.491 e. The molecule has 3 rings (SSSR count). The van der Waals surface area contributed by atoms with Crippen LogP contribution in [0.4, 0.5) is 5.82 Å². The van der Waals surface area contributed by atoms with Gasteiger partial charge in [-0.15, -0.1) is 11.3 Å². The van der Waals surface area contributed by atoms with Crippen molar-refractivity contribution in [3.8, 4) is 5.75 Å². The Bertz CT molecular complexity index is 915. The number of thioether (sulfide) groups is 1. The molecule has 0 radical (unpaired) electrons. The van der Waals surface area contributed by atoms with Gasteiger partial charge >= 0.3 is 5.97 Å². The standard InChI is InChI=1S/C18H19N3O4S2/c1-2-24-17(23)11-3-5-13(6-4-11)25-9-12(22)10-27-18-20-15(19)14-7-8-26-16(14)21-18/h3-8,12,22H,2,9-10H2,1H3,(H2,19,20,21). The number of fused-ring (bicyclic) bond motifs is 1. The summed E-state index contributed by atoms with van der Waals surface area (Å²) in [6.07, 6.45) is -0.705. The fourth-order valence-electron chi connectivity index (χ4n) is 2.24. The molecule has 0 saturated heterocycles. The molecule has 7 nitrogen and oxygen atoms in total. The molecule has 2 aromatic heterocycles. The molecular formula is C18H19N3O4S2. The van der Waals surface area contributed by atoms with E-state index in [0.717, 1.165) is 10.2 Å². The highest BCUT2D eigenvalue weighted by atomic mass is 32.2. The van der Waals surface area contributed by atoms with E-state index in [1.807, 2.05) is 11.4 Å². The SMILES string of the molecule is CCOC(=O)c1ccc(OCC(O)CSc2nc(N)c3ccsc3n2)cc1. The fraction of sp³-hybridized carbons (Fsp3) is 0.278. The molecule has 0 aliphatic rings. The summed E-state index contributed by atoms with van der Waals surface area (Å²) in [4.78, 5) is 21.1. The summed E-state index contributed by atoms with van der Waals surface area (Å²) in [7, 11) is 0. The van der Waals surface area contributed by atoms with Gasteiger partial charge in [0.2, 0.25) is 0 Å². The minimum atomic E-state index is -0.705. The van der Waals surface area contributed by atoms with Gasteiger partial charge in [0.15, 0.2) is 5.16 Å². The number of esters is 1. The van der Waals surface area contributed by atoms with Crippen molar-refractivity contribution in [2.45, 2.75) is 18.2 Å². The van der Waals surface area contributed by atoms with E-state index < -0.39 is 6.10 Å². The van der Waals surface area contributed by atoms with Gasteiger partial charge in [0.05, 0.1) is 23.7 Å². The summed E-state index contributed by atoms with van der Waals surface area (Å²) in [6, 6.07) is 8.48. The van der Waals surface area contributed by atoms with Crippen molar-refractivity contribution in [1.82, 2.24) is 9.97 Å². The Kier molecular flexibility index (Phi) is 6.49. The van der Waals surface area contributed by atoms with E-state index in [4.69, 9.17) is 15.2 Å². The zero-order chi connectivity index (χ0) is 19.2. The summed E-state index contributed by atoms with van der Waals surface area (Å²) in [6.45, 7) is 2.20. The molecule has 0 aliphatic heterocycles. The van der Waals surface area contributed by atoms with Crippen molar-refractivity contribution < 1.29 is 19.4 Å². The van der Waals surface area contributed by atoms with E-state index in [9.17, 15) is 9.90 Å². The number of carbonyl (C=O) groups excluding carboxylic acids is 1. The van der Waals surface area contributed by atoms with Crippen LogP contribution < -0.4 is 10.5 Å². The maximum Gasteiger partial charge on any atom is 0.338 e. The minimum absolute atomic E-state index is 0.114. The molecule has 2 heterocycles. The van der Waals surface area contributed by atoms with E-state index in [1.165, 1.54) is 23.1 Å². The van der Waals surface area contributed by atoms with Crippen LogP contribution in [0.25, 0.3) is 10.2 Å².